The van der Waals surface area contributed by atoms with E-state index in [0.717, 1.165) is 32.5 Å². The van der Waals surface area contributed by atoms with Crippen LogP contribution in [0.2, 0.25) is 0 Å². The van der Waals surface area contributed by atoms with Crippen molar-refractivity contribution >= 4 is 36.4 Å². The predicted octanol–water partition coefficient (Wildman–Crippen LogP) is 3.12. The summed E-state index contributed by atoms with van der Waals surface area (Å²) >= 11 is 0. The second-order valence-electron chi connectivity index (χ2n) is 6.89. The van der Waals surface area contributed by atoms with Crippen LogP contribution in [-0.2, 0) is 4.79 Å². The van der Waals surface area contributed by atoms with E-state index >= 15 is 0 Å². The minimum absolute atomic E-state index is 0. The molecule has 0 bridgehead atoms. The van der Waals surface area contributed by atoms with E-state index in [2.05, 4.69) is 60.4 Å². The first-order chi connectivity index (χ1) is 10.6. The van der Waals surface area contributed by atoms with Crippen LogP contribution in [0.5, 0.6) is 0 Å². The Hall–Kier alpha value is -0.970. The van der Waals surface area contributed by atoms with E-state index in [4.69, 9.17) is 0 Å². The average Bonchev–Trinajstić information content (AvgIpc) is 2.94. The Bertz CT molecular complexity index is 549. The second kappa shape index (κ2) is 8.93. The Morgan fingerprint density at radius 1 is 1.29 bits per heavy atom. The quantitative estimate of drug-likeness (QED) is 0.880. The van der Waals surface area contributed by atoms with Crippen LogP contribution in [0.25, 0.3) is 0 Å². The van der Waals surface area contributed by atoms with Crippen LogP contribution in [0.1, 0.15) is 31.4 Å². The van der Waals surface area contributed by atoms with Gasteiger partial charge in [-0.15, -0.1) is 24.8 Å². The van der Waals surface area contributed by atoms with E-state index in [1.807, 2.05) is 0 Å². The minimum atomic E-state index is 0. The maximum atomic E-state index is 12.9. The van der Waals surface area contributed by atoms with Crippen molar-refractivity contribution in [2.24, 2.45) is 11.8 Å². The smallest absolute Gasteiger partial charge is 0.226 e. The first kappa shape index (κ1) is 21.1. The molecule has 0 aromatic heterocycles. The summed E-state index contributed by atoms with van der Waals surface area (Å²) in [4.78, 5) is 17.1. The van der Waals surface area contributed by atoms with Crippen LogP contribution < -0.4 is 10.2 Å². The molecule has 2 aliphatic heterocycles. The van der Waals surface area contributed by atoms with Gasteiger partial charge in [-0.1, -0.05) is 19.1 Å². The molecule has 0 radical (unpaired) electrons. The van der Waals surface area contributed by atoms with Crippen molar-refractivity contribution in [3.8, 4) is 0 Å². The number of carbonyl (C=O) groups is 1. The number of rotatable bonds is 4. The lowest BCUT2D eigenvalue weighted by molar-refractivity contribution is -0.138. The van der Waals surface area contributed by atoms with Crippen molar-refractivity contribution in [1.29, 1.82) is 0 Å². The van der Waals surface area contributed by atoms with Gasteiger partial charge in [-0.3, -0.25) is 4.79 Å². The lowest BCUT2D eigenvalue weighted by atomic mass is 9.87. The van der Waals surface area contributed by atoms with E-state index in [-0.39, 0.29) is 36.8 Å². The number of nitrogens with one attached hydrogen (secondary N) is 1. The summed E-state index contributed by atoms with van der Waals surface area (Å²) in [6, 6.07) is 8.87. The van der Waals surface area contributed by atoms with Gasteiger partial charge in [0, 0.05) is 32.2 Å². The lowest BCUT2D eigenvalue weighted by Crippen LogP contribution is -2.50. The van der Waals surface area contributed by atoms with Gasteiger partial charge in [0.1, 0.15) is 0 Å². The standard InChI is InChI=1S/C18H27N3O.2ClH/c1-13(15-11-19-12-15)18(22)21-9-5-8-17(21)14-6-4-7-16(10-14)20(2)3;;/h4,6-7,10,13,15,17,19H,5,8-9,11-12H2,1-3H3;2*1H. The van der Waals surface area contributed by atoms with Gasteiger partial charge in [-0.2, -0.15) is 0 Å². The second-order valence-corrected chi connectivity index (χ2v) is 6.89. The number of carbonyl (C=O) groups excluding carboxylic acids is 1. The minimum Gasteiger partial charge on any atom is -0.378 e. The van der Waals surface area contributed by atoms with Crippen molar-refractivity contribution in [3.05, 3.63) is 29.8 Å². The largest absolute Gasteiger partial charge is 0.378 e. The highest BCUT2D eigenvalue weighted by atomic mass is 35.5. The zero-order valence-electron chi connectivity index (χ0n) is 14.7. The molecule has 136 valence electrons. The van der Waals surface area contributed by atoms with Gasteiger partial charge in [0.25, 0.3) is 0 Å². The number of amides is 1. The summed E-state index contributed by atoms with van der Waals surface area (Å²) in [5.41, 5.74) is 2.48. The molecule has 4 nitrogen and oxygen atoms in total. The summed E-state index contributed by atoms with van der Waals surface area (Å²) in [5.74, 6) is 0.991. The fourth-order valence-corrected chi connectivity index (χ4v) is 3.52. The maximum absolute atomic E-state index is 12.9. The van der Waals surface area contributed by atoms with Gasteiger partial charge >= 0.3 is 0 Å². The third kappa shape index (κ3) is 4.16. The first-order valence-corrected chi connectivity index (χ1v) is 8.36. The van der Waals surface area contributed by atoms with E-state index in [0.29, 0.717) is 11.8 Å². The summed E-state index contributed by atoms with van der Waals surface area (Å²) < 4.78 is 0. The average molecular weight is 374 g/mol. The van der Waals surface area contributed by atoms with Crippen LogP contribution >= 0.6 is 24.8 Å². The van der Waals surface area contributed by atoms with Crippen LogP contribution in [0, 0.1) is 11.8 Å². The zero-order chi connectivity index (χ0) is 15.7. The number of hydrogen-bond donors (Lipinski definition) is 1. The Balaban J connectivity index is 0.00000144. The molecule has 0 spiro atoms. The van der Waals surface area contributed by atoms with Gasteiger partial charge in [0.05, 0.1) is 6.04 Å². The fourth-order valence-electron chi connectivity index (χ4n) is 3.52. The van der Waals surface area contributed by atoms with Crippen LogP contribution in [-0.4, -0.2) is 44.5 Å². The van der Waals surface area contributed by atoms with Gasteiger partial charge < -0.3 is 15.1 Å². The predicted molar refractivity (Wildman–Crippen MR) is 104 cm³/mol. The normalized spacial score (nSPS) is 21.3. The van der Waals surface area contributed by atoms with Crippen molar-refractivity contribution in [2.45, 2.75) is 25.8 Å². The van der Waals surface area contributed by atoms with E-state index < -0.39 is 0 Å². The molecule has 1 aromatic carbocycles. The van der Waals surface area contributed by atoms with E-state index in [9.17, 15) is 4.79 Å². The molecule has 24 heavy (non-hydrogen) atoms. The van der Waals surface area contributed by atoms with Crippen molar-refractivity contribution in [3.63, 3.8) is 0 Å². The first-order valence-electron chi connectivity index (χ1n) is 8.36. The third-order valence-corrected chi connectivity index (χ3v) is 5.22. The summed E-state index contributed by atoms with van der Waals surface area (Å²) in [5, 5.41) is 3.27. The fraction of sp³-hybridized carbons (Fsp3) is 0.611. The van der Waals surface area contributed by atoms with Gasteiger partial charge in [0.15, 0.2) is 0 Å². The molecule has 2 atom stereocenters. The van der Waals surface area contributed by atoms with Crippen molar-refractivity contribution in [1.82, 2.24) is 10.2 Å². The van der Waals surface area contributed by atoms with Crippen LogP contribution in [0.4, 0.5) is 5.69 Å². The molecule has 0 saturated carbocycles. The molecule has 6 heteroatoms. The summed E-state index contributed by atoms with van der Waals surface area (Å²) in [6.45, 7) is 4.97. The lowest BCUT2D eigenvalue weighted by Gasteiger charge is -2.36. The number of hydrogen-bond acceptors (Lipinski definition) is 3. The number of nitrogens with zero attached hydrogens (tertiary/aromatic N) is 2. The summed E-state index contributed by atoms with van der Waals surface area (Å²) in [6.07, 6.45) is 2.19. The zero-order valence-corrected chi connectivity index (χ0v) is 16.3. The molecular weight excluding hydrogens is 345 g/mol. The molecule has 1 N–H and O–H groups in total. The molecule has 2 heterocycles. The third-order valence-electron chi connectivity index (χ3n) is 5.22. The molecule has 2 aliphatic rings. The molecule has 2 saturated heterocycles. The number of benzene rings is 1. The van der Waals surface area contributed by atoms with Gasteiger partial charge in [0.2, 0.25) is 5.91 Å². The number of likely N-dealkylation sites (tertiary alicyclic amines) is 1. The molecule has 1 amide bonds. The van der Waals surface area contributed by atoms with E-state index in [1.54, 1.807) is 0 Å². The maximum Gasteiger partial charge on any atom is 0.226 e. The van der Waals surface area contributed by atoms with E-state index in [1.165, 1.54) is 11.3 Å². The van der Waals surface area contributed by atoms with Gasteiger partial charge in [-0.25, -0.2) is 0 Å². The number of halogens is 2. The Labute approximate surface area is 157 Å². The highest BCUT2D eigenvalue weighted by Crippen LogP contribution is 2.35. The van der Waals surface area contributed by atoms with Crippen molar-refractivity contribution < 1.29 is 4.79 Å². The van der Waals surface area contributed by atoms with Crippen LogP contribution in [0.15, 0.2) is 24.3 Å². The Morgan fingerprint density at radius 3 is 2.58 bits per heavy atom. The highest BCUT2D eigenvalue weighted by molar-refractivity contribution is 5.85. The molecular formula is C18H29Cl2N3O. The topological polar surface area (TPSA) is 35.6 Å². The summed E-state index contributed by atoms with van der Waals surface area (Å²) in [7, 11) is 4.12. The highest BCUT2D eigenvalue weighted by Gasteiger charge is 2.36. The SMILES string of the molecule is CC(C(=O)N1CCCC1c1cccc(N(C)C)c1)C1CNC1.Cl.Cl. The molecule has 2 fully saturated rings. The molecule has 0 aliphatic carbocycles. The Morgan fingerprint density at radius 2 is 2.00 bits per heavy atom. The van der Waals surface area contributed by atoms with Gasteiger partial charge in [-0.05, 0) is 49.5 Å². The monoisotopic (exact) mass is 373 g/mol. The molecule has 1 aromatic rings. The Kier molecular flexibility index (Phi) is 7.84. The molecule has 2 unspecified atom stereocenters. The molecule has 3 rings (SSSR count). The van der Waals surface area contributed by atoms with Crippen LogP contribution in [0.3, 0.4) is 0 Å². The number of anilines is 1. The van der Waals surface area contributed by atoms with Crippen molar-refractivity contribution in [2.75, 3.05) is 38.6 Å².